The number of nitriles is 1. The summed E-state index contributed by atoms with van der Waals surface area (Å²) in [5.41, 5.74) is 2.49. The molecule has 1 aromatic heterocycles. The number of aromatic nitrogens is 2. The molecular weight excluding hydrogens is 254 g/mol. The van der Waals surface area contributed by atoms with Gasteiger partial charge in [0.15, 0.2) is 11.5 Å². The Labute approximate surface area is 118 Å². The zero-order chi connectivity index (χ0) is 14.5. The summed E-state index contributed by atoms with van der Waals surface area (Å²) in [5.74, 6) is 1.22. The molecule has 0 spiro atoms. The van der Waals surface area contributed by atoms with Gasteiger partial charge in [-0.05, 0) is 32.0 Å². The Morgan fingerprint density at radius 1 is 1.25 bits per heavy atom. The second kappa shape index (κ2) is 6.11. The molecule has 0 atom stereocenters. The molecule has 0 aliphatic carbocycles. The maximum atomic E-state index is 8.91. The largest absolute Gasteiger partial charge is 0.490 e. The van der Waals surface area contributed by atoms with Crippen LogP contribution >= 0.6 is 0 Å². The highest BCUT2D eigenvalue weighted by Gasteiger charge is 2.08. The van der Waals surface area contributed by atoms with E-state index in [2.05, 4.69) is 11.2 Å². The van der Waals surface area contributed by atoms with Crippen LogP contribution in [0.1, 0.15) is 23.9 Å². The highest BCUT2D eigenvalue weighted by molar-refractivity contribution is 5.46. The molecule has 1 heterocycles. The van der Waals surface area contributed by atoms with Crippen LogP contribution in [-0.2, 0) is 13.7 Å². The quantitative estimate of drug-likeness (QED) is 0.838. The van der Waals surface area contributed by atoms with Crippen LogP contribution in [0.5, 0.6) is 11.5 Å². The summed E-state index contributed by atoms with van der Waals surface area (Å²) in [7, 11) is 1.88. The van der Waals surface area contributed by atoms with E-state index in [9.17, 15) is 0 Å². The van der Waals surface area contributed by atoms with Crippen LogP contribution < -0.4 is 9.47 Å². The number of hydrogen-bond acceptors (Lipinski definition) is 4. The van der Waals surface area contributed by atoms with Gasteiger partial charge in [-0.3, -0.25) is 4.68 Å². The predicted octanol–water partition coefficient (Wildman–Crippen LogP) is 2.58. The minimum absolute atomic E-state index is 0.406. The van der Waals surface area contributed by atoms with Gasteiger partial charge in [0.05, 0.1) is 29.6 Å². The van der Waals surface area contributed by atoms with E-state index in [1.807, 2.05) is 27.0 Å². The monoisotopic (exact) mass is 271 g/mol. The zero-order valence-electron chi connectivity index (χ0n) is 11.9. The first-order chi connectivity index (χ1) is 9.63. The molecule has 5 nitrogen and oxygen atoms in total. The molecule has 0 radical (unpaired) electrons. The van der Waals surface area contributed by atoms with Gasteiger partial charge in [-0.1, -0.05) is 0 Å². The number of benzene rings is 1. The number of ether oxygens (including phenoxy) is 2. The number of rotatable bonds is 5. The topological polar surface area (TPSA) is 60.1 Å². The van der Waals surface area contributed by atoms with Gasteiger partial charge in [-0.25, -0.2) is 0 Å². The van der Waals surface area contributed by atoms with Gasteiger partial charge in [-0.2, -0.15) is 10.4 Å². The molecule has 2 aromatic rings. The summed E-state index contributed by atoms with van der Waals surface area (Å²) < 4.78 is 13.1. The van der Waals surface area contributed by atoms with Gasteiger partial charge >= 0.3 is 0 Å². The third-order valence-electron chi connectivity index (χ3n) is 2.85. The van der Waals surface area contributed by atoms with E-state index >= 15 is 0 Å². The van der Waals surface area contributed by atoms with Crippen molar-refractivity contribution in [2.24, 2.45) is 7.05 Å². The van der Waals surface area contributed by atoms with Gasteiger partial charge in [-0.15, -0.1) is 0 Å². The van der Waals surface area contributed by atoms with Crippen molar-refractivity contribution < 1.29 is 9.47 Å². The van der Waals surface area contributed by atoms with Crippen molar-refractivity contribution in [2.75, 3.05) is 6.61 Å². The molecule has 0 unspecified atom stereocenters. The van der Waals surface area contributed by atoms with Crippen LogP contribution in [0.3, 0.4) is 0 Å². The highest BCUT2D eigenvalue weighted by Crippen LogP contribution is 2.29. The molecule has 2 rings (SSSR count). The van der Waals surface area contributed by atoms with E-state index in [4.69, 9.17) is 14.7 Å². The van der Waals surface area contributed by atoms with E-state index in [1.165, 1.54) is 0 Å². The summed E-state index contributed by atoms with van der Waals surface area (Å²) in [6, 6.07) is 9.22. The van der Waals surface area contributed by atoms with Crippen LogP contribution in [0.25, 0.3) is 0 Å². The Bertz CT molecular complexity index is 641. The average molecular weight is 271 g/mol. The Kier molecular flexibility index (Phi) is 4.26. The summed E-state index contributed by atoms with van der Waals surface area (Å²) in [6.45, 7) is 4.77. The second-order valence-electron chi connectivity index (χ2n) is 4.40. The molecule has 0 bridgehead atoms. The van der Waals surface area contributed by atoms with Crippen molar-refractivity contribution in [3.63, 3.8) is 0 Å². The van der Waals surface area contributed by atoms with E-state index < -0.39 is 0 Å². The average Bonchev–Trinajstić information content (AvgIpc) is 2.76. The summed E-state index contributed by atoms with van der Waals surface area (Å²) in [6.07, 6.45) is 0. The molecule has 0 amide bonds. The minimum Gasteiger partial charge on any atom is -0.490 e. The lowest BCUT2D eigenvalue weighted by Gasteiger charge is -2.12. The van der Waals surface area contributed by atoms with Crippen molar-refractivity contribution in [1.82, 2.24) is 9.78 Å². The molecule has 0 N–H and O–H groups in total. The van der Waals surface area contributed by atoms with Crippen molar-refractivity contribution in [3.8, 4) is 17.6 Å². The molecular formula is C15H17N3O2. The summed E-state index contributed by atoms with van der Waals surface area (Å²) in [5, 5.41) is 13.2. The van der Waals surface area contributed by atoms with Crippen molar-refractivity contribution >= 4 is 0 Å². The lowest BCUT2D eigenvalue weighted by molar-refractivity contribution is 0.263. The van der Waals surface area contributed by atoms with E-state index in [0.29, 0.717) is 30.3 Å². The lowest BCUT2D eigenvalue weighted by atomic mass is 10.2. The fraction of sp³-hybridized carbons (Fsp3) is 0.333. The fourth-order valence-electron chi connectivity index (χ4n) is 1.92. The normalized spacial score (nSPS) is 10.1. The van der Waals surface area contributed by atoms with Crippen LogP contribution in [-0.4, -0.2) is 16.4 Å². The van der Waals surface area contributed by atoms with E-state index in [-0.39, 0.29) is 0 Å². The number of nitrogens with zero attached hydrogens (tertiary/aromatic N) is 3. The minimum atomic E-state index is 0.406. The van der Waals surface area contributed by atoms with Crippen molar-refractivity contribution in [2.45, 2.75) is 20.5 Å². The van der Waals surface area contributed by atoms with Crippen LogP contribution in [0.15, 0.2) is 24.3 Å². The molecule has 104 valence electrons. The molecule has 0 saturated carbocycles. The maximum Gasteiger partial charge on any atom is 0.162 e. The van der Waals surface area contributed by atoms with Gasteiger partial charge in [0.2, 0.25) is 0 Å². The Morgan fingerprint density at radius 3 is 2.65 bits per heavy atom. The Morgan fingerprint density at radius 2 is 2.05 bits per heavy atom. The highest BCUT2D eigenvalue weighted by atomic mass is 16.5. The molecule has 20 heavy (non-hydrogen) atoms. The molecule has 0 aliphatic rings. The second-order valence-corrected chi connectivity index (χ2v) is 4.40. The maximum absolute atomic E-state index is 8.91. The van der Waals surface area contributed by atoms with Gasteiger partial charge < -0.3 is 9.47 Å². The van der Waals surface area contributed by atoms with Crippen molar-refractivity contribution in [3.05, 3.63) is 41.2 Å². The molecule has 0 saturated heterocycles. The molecule has 0 aliphatic heterocycles. The van der Waals surface area contributed by atoms with Gasteiger partial charge in [0, 0.05) is 13.1 Å². The first-order valence-corrected chi connectivity index (χ1v) is 6.43. The predicted molar refractivity (Wildman–Crippen MR) is 74.6 cm³/mol. The zero-order valence-corrected chi connectivity index (χ0v) is 11.9. The first-order valence-electron chi connectivity index (χ1n) is 6.43. The first kappa shape index (κ1) is 13.9. The summed E-state index contributed by atoms with van der Waals surface area (Å²) >= 11 is 0. The Hall–Kier alpha value is -2.48. The van der Waals surface area contributed by atoms with Crippen LogP contribution in [0, 0.1) is 18.3 Å². The standard InChI is InChI=1S/C15H17N3O2/c1-4-19-15-8-12(9-16)5-6-14(15)20-10-13-7-11(2)17-18(13)3/h5-8H,4,10H2,1-3H3. The van der Waals surface area contributed by atoms with Crippen LogP contribution in [0.4, 0.5) is 0 Å². The fourth-order valence-corrected chi connectivity index (χ4v) is 1.92. The lowest BCUT2D eigenvalue weighted by Crippen LogP contribution is -2.04. The number of hydrogen-bond donors (Lipinski definition) is 0. The van der Waals surface area contributed by atoms with Crippen LogP contribution in [0.2, 0.25) is 0 Å². The van der Waals surface area contributed by atoms with Gasteiger partial charge in [0.25, 0.3) is 0 Å². The SMILES string of the molecule is CCOc1cc(C#N)ccc1OCc1cc(C)nn1C. The molecule has 5 heteroatoms. The van der Waals surface area contributed by atoms with E-state index in [0.717, 1.165) is 11.4 Å². The smallest absolute Gasteiger partial charge is 0.162 e. The summed E-state index contributed by atoms with van der Waals surface area (Å²) in [4.78, 5) is 0. The molecule has 0 fully saturated rings. The third-order valence-corrected chi connectivity index (χ3v) is 2.85. The molecule has 1 aromatic carbocycles. The van der Waals surface area contributed by atoms with Gasteiger partial charge in [0.1, 0.15) is 6.61 Å². The van der Waals surface area contributed by atoms with E-state index in [1.54, 1.807) is 22.9 Å². The number of aryl methyl sites for hydroxylation is 2. The Balaban J connectivity index is 2.16. The van der Waals surface area contributed by atoms with Crippen molar-refractivity contribution in [1.29, 1.82) is 5.26 Å². The third kappa shape index (κ3) is 3.09.